The molecule has 25 heavy (non-hydrogen) atoms. The van der Waals surface area contributed by atoms with Gasteiger partial charge in [0.15, 0.2) is 5.40 Å². The first-order valence-corrected chi connectivity index (χ1v) is 10.3. The Labute approximate surface area is 146 Å². The molecule has 0 radical (unpaired) electrons. The number of pyridine rings is 1. The van der Waals surface area contributed by atoms with E-state index in [-0.39, 0.29) is 10.7 Å². The number of halogens is 1. The van der Waals surface area contributed by atoms with Crippen LogP contribution in [-0.4, -0.2) is 35.9 Å². The van der Waals surface area contributed by atoms with Crippen LogP contribution in [0.4, 0.5) is 0 Å². The number of rotatable bonds is 5. The van der Waals surface area contributed by atoms with Gasteiger partial charge in [0.05, 0.1) is 5.52 Å². The van der Waals surface area contributed by atoms with E-state index in [4.69, 9.17) is 17.3 Å². The molecule has 9 nitrogen and oxygen atoms in total. The highest BCUT2D eigenvalue weighted by atomic mass is 35.5. The third-order valence-corrected chi connectivity index (χ3v) is 7.13. The van der Waals surface area contributed by atoms with Crippen molar-refractivity contribution in [3.05, 3.63) is 47.1 Å². The molecule has 0 bridgehead atoms. The van der Waals surface area contributed by atoms with Crippen LogP contribution in [0.1, 0.15) is 5.56 Å². The number of para-hydroxylation sites is 1. The number of hydrogen-bond acceptors (Lipinski definition) is 4. The van der Waals surface area contributed by atoms with E-state index in [1.807, 2.05) is 0 Å². The minimum absolute atomic E-state index is 0.212. The summed E-state index contributed by atoms with van der Waals surface area (Å²) >= 11 is 6.02. The summed E-state index contributed by atoms with van der Waals surface area (Å²) in [5, 5.41) is -2.42. The van der Waals surface area contributed by atoms with Crippen LogP contribution in [0.25, 0.3) is 16.5 Å². The number of benzene rings is 1. The molecular weight excluding hydrogens is 394 g/mol. The lowest BCUT2D eigenvalue weighted by molar-refractivity contribution is -0.113. The van der Waals surface area contributed by atoms with Gasteiger partial charge >= 0.3 is 15.2 Å². The smallest absolute Gasteiger partial charge is 0.345 e. The van der Waals surface area contributed by atoms with Crippen LogP contribution in [0.5, 0.6) is 0 Å². The van der Waals surface area contributed by atoms with Crippen molar-refractivity contribution in [3.8, 4) is 0 Å². The van der Waals surface area contributed by atoms with Crippen LogP contribution in [-0.2, 0) is 13.9 Å². The average molecular weight is 407 g/mol. The largest absolute Gasteiger partial charge is 0.366 e. The molecule has 1 aromatic heterocycles. The first-order valence-electron chi connectivity index (χ1n) is 6.58. The van der Waals surface area contributed by atoms with E-state index >= 15 is 0 Å². The number of nitrogens with zero attached hydrogens (tertiary/aromatic N) is 1. The van der Waals surface area contributed by atoms with Crippen LogP contribution >= 0.6 is 26.8 Å². The van der Waals surface area contributed by atoms with Crippen LogP contribution < -0.4 is 5.73 Å². The zero-order valence-corrected chi connectivity index (χ0v) is 14.9. The Morgan fingerprint density at radius 1 is 1.16 bits per heavy atom. The molecule has 0 saturated heterocycles. The fourth-order valence-corrected chi connectivity index (χ4v) is 5.27. The SMILES string of the molecule is NC(=O)/C=C(\c1cc2ccccc2nc1Cl)C(P(=O)(O)O)P(=O)(O)O. The highest BCUT2D eigenvalue weighted by Crippen LogP contribution is 2.64. The molecule has 134 valence electrons. The van der Waals surface area contributed by atoms with E-state index in [1.165, 1.54) is 6.07 Å². The highest BCUT2D eigenvalue weighted by molar-refractivity contribution is 7.71. The third-order valence-electron chi connectivity index (χ3n) is 3.20. The fourth-order valence-electron chi connectivity index (χ4n) is 2.30. The van der Waals surface area contributed by atoms with Gasteiger partial charge in [-0.25, -0.2) is 4.98 Å². The number of allylic oxidation sites excluding steroid dienone is 1. The van der Waals surface area contributed by atoms with Gasteiger partial charge in [-0.15, -0.1) is 0 Å². The van der Waals surface area contributed by atoms with Crippen molar-refractivity contribution in [2.75, 3.05) is 0 Å². The Balaban J connectivity index is 2.83. The minimum Gasteiger partial charge on any atom is -0.366 e. The zero-order valence-electron chi connectivity index (χ0n) is 12.4. The predicted octanol–water partition coefficient (Wildman–Crippen LogP) is 1.44. The fraction of sp³-hybridized carbons (Fsp3) is 0.0769. The maximum atomic E-state index is 11.7. The molecule has 1 amide bonds. The molecule has 0 saturated carbocycles. The number of amides is 1. The Kier molecular flexibility index (Phi) is 5.51. The summed E-state index contributed by atoms with van der Waals surface area (Å²) in [4.78, 5) is 53.0. The molecular formula is C13H13ClN2O7P2. The quantitative estimate of drug-likeness (QED) is 0.282. The van der Waals surface area contributed by atoms with Gasteiger partial charge in [0.1, 0.15) is 5.15 Å². The van der Waals surface area contributed by atoms with Crippen LogP contribution in [0, 0.1) is 0 Å². The molecule has 0 aliphatic heterocycles. The summed E-state index contributed by atoms with van der Waals surface area (Å²) in [5.41, 5.74) is 4.58. The van der Waals surface area contributed by atoms with Crippen molar-refractivity contribution >= 4 is 49.2 Å². The molecule has 0 aliphatic rings. The molecule has 0 atom stereocenters. The lowest BCUT2D eigenvalue weighted by atomic mass is 10.1. The van der Waals surface area contributed by atoms with Crippen molar-refractivity contribution in [1.29, 1.82) is 0 Å². The van der Waals surface area contributed by atoms with Gasteiger partial charge in [0.2, 0.25) is 5.91 Å². The van der Waals surface area contributed by atoms with E-state index in [9.17, 15) is 33.5 Å². The third kappa shape index (κ3) is 4.54. The average Bonchev–Trinajstić information content (AvgIpc) is 2.42. The van der Waals surface area contributed by atoms with Crippen LogP contribution in [0.3, 0.4) is 0 Å². The van der Waals surface area contributed by atoms with E-state index in [0.29, 0.717) is 17.0 Å². The Morgan fingerprint density at radius 3 is 2.24 bits per heavy atom. The number of primary amides is 1. The summed E-state index contributed by atoms with van der Waals surface area (Å²) in [5.74, 6) is -1.16. The summed E-state index contributed by atoms with van der Waals surface area (Å²) < 4.78 is 23.4. The molecule has 1 aromatic carbocycles. The topological polar surface area (TPSA) is 171 Å². The minimum atomic E-state index is -5.38. The summed E-state index contributed by atoms with van der Waals surface area (Å²) in [6.45, 7) is 0. The molecule has 0 unspecified atom stereocenters. The molecule has 0 spiro atoms. The Morgan fingerprint density at radius 2 is 1.72 bits per heavy atom. The Hall–Kier alpha value is -1.57. The van der Waals surface area contributed by atoms with E-state index in [2.05, 4.69) is 4.98 Å². The van der Waals surface area contributed by atoms with E-state index < -0.39 is 32.1 Å². The van der Waals surface area contributed by atoms with Gasteiger partial charge in [-0.2, -0.15) is 0 Å². The van der Waals surface area contributed by atoms with E-state index in [1.54, 1.807) is 24.3 Å². The van der Waals surface area contributed by atoms with Crippen molar-refractivity contribution in [3.63, 3.8) is 0 Å². The second-order valence-corrected chi connectivity index (χ2v) is 9.23. The zero-order chi connectivity index (χ0) is 19.0. The normalized spacial score (nSPS) is 13.4. The molecule has 12 heteroatoms. The monoisotopic (exact) mass is 406 g/mol. The van der Waals surface area contributed by atoms with Crippen molar-refractivity contribution < 1.29 is 33.5 Å². The van der Waals surface area contributed by atoms with Gasteiger partial charge in [0, 0.05) is 17.0 Å². The van der Waals surface area contributed by atoms with Gasteiger partial charge in [-0.1, -0.05) is 29.8 Å². The van der Waals surface area contributed by atoms with Crippen molar-refractivity contribution in [2.45, 2.75) is 5.40 Å². The molecule has 2 rings (SSSR count). The maximum absolute atomic E-state index is 11.7. The van der Waals surface area contributed by atoms with Gasteiger partial charge in [-0.3, -0.25) is 13.9 Å². The van der Waals surface area contributed by atoms with Gasteiger partial charge in [0.25, 0.3) is 0 Å². The maximum Gasteiger partial charge on any atom is 0.345 e. The van der Waals surface area contributed by atoms with E-state index in [0.717, 1.165) is 0 Å². The van der Waals surface area contributed by atoms with Crippen molar-refractivity contribution in [2.24, 2.45) is 5.73 Å². The lowest BCUT2D eigenvalue weighted by Gasteiger charge is -2.23. The highest BCUT2D eigenvalue weighted by Gasteiger charge is 2.47. The number of carbonyl (C=O) groups is 1. The summed E-state index contributed by atoms with van der Waals surface area (Å²) in [6, 6.07) is 7.87. The number of hydrogen-bond donors (Lipinski definition) is 5. The van der Waals surface area contributed by atoms with Crippen LogP contribution in [0.15, 0.2) is 36.4 Å². The molecule has 2 aromatic rings. The summed E-state index contributed by atoms with van der Waals surface area (Å²) in [7, 11) is -10.8. The number of nitrogens with two attached hydrogens (primary N) is 1. The predicted molar refractivity (Wildman–Crippen MR) is 91.8 cm³/mol. The number of aromatic nitrogens is 1. The van der Waals surface area contributed by atoms with Gasteiger partial charge in [-0.05, 0) is 17.7 Å². The molecule has 6 N–H and O–H groups in total. The Bertz CT molecular complexity index is 944. The van der Waals surface area contributed by atoms with Crippen LogP contribution in [0.2, 0.25) is 5.15 Å². The van der Waals surface area contributed by atoms with Gasteiger partial charge < -0.3 is 25.3 Å². The first-order chi connectivity index (χ1) is 11.4. The number of carbonyl (C=O) groups excluding carboxylic acids is 1. The standard InChI is InChI=1S/C13H13ClN2O7P2/c14-12-8(5-7-3-1-2-4-10(7)16-12)9(6-11(15)17)13(24(18,19)20)25(21,22)23/h1-6,13H,(H2,15,17)(H2,18,19,20)(H2,21,22,23)/b9-6+. The number of fused-ring (bicyclic) bond motifs is 1. The first kappa shape index (κ1) is 19.8. The lowest BCUT2D eigenvalue weighted by Crippen LogP contribution is -2.16. The second kappa shape index (κ2) is 6.97. The summed E-state index contributed by atoms with van der Waals surface area (Å²) in [6.07, 6.45) is 0.528. The molecule has 1 heterocycles. The second-order valence-electron chi connectivity index (χ2n) is 5.07. The molecule has 0 aliphatic carbocycles. The van der Waals surface area contributed by atoms with Crippen molar-refractivity contribution in [1.82, 2.24) is 4.98 Å². The molecule has 0 fully saturated rings.